The van der Waals surface area contributed by atoms with Gasteiger partial charge in [0, 0.05) is 36.3 Å². The molecule has 2 rings (SSSR count). The standard InChI is InChI=1S/C15H12F4N2O/c16-11-3-1-9(13(18)5-11)7-20-15(22)21-8-10-2-4-12(17)6-14(10)19/h1-6H,7-8H2,(H2,20,21,22). The van der Waals surface area contributed by atoms with Crippen LogP contribution in [0.4, 0.5) is 22.4 Å². The van der Waals surface area contributed by atoms with Gasteiger partial charge in [-0.15, -0.1) is 0 Å². The summed E-state index contributed by atoms with van der Waals surface area (Å²) in [5.41, 5.74) is 0.231. The zero-order valence-corrected chi connectivity index (χ0v) is 11.3. The summed E-state index contributed by atoms with van der Waals surface area (Å²) in [5.74, 6) is -2.97. The van der Waals surface area contributed by atoms with E-state index in [1.165, 1.54) is 12.1 Å². The lowest BCUT2D eigenvalue weighted by molar-refractivity contribution is 0.240. The number of amides is 2. The Labute approximate surface area is 124 Å². The van der Waals surface area contributed by atoms with E-state index in [-0.39, 0.29) is 24.2 Å². The minimum atomic E-state index is -0.773. The Bertz CT molecular complexity index is 634. The zero-order valence-electron chi connectivity index (χ0n) is 11.3. The van der Waals surface area contributed by atoms with Crippen LogP contribution in [0.25, 0.3) is 0 Å². The molecular formula is C15H12F4N2O. The number of rotatable bonds is 4. The topological polar surface area (TPSA) is 41.1 Å². The number of urea groups is 1. The van der Waals surface area contributed by atoms with Gasteiger partial charge in [-0.25, -0.2) is 22.4 Å². The molecule has 7 heteroatoms. The molecule has 0 spiro atoms. The predicted molar refractivity (Wildman–Crippen MR) is 71.8 cm³/mol. The SMILES string of the molecule is O=C(NCc1ccc(F)cc1F)NCc1ccc(F)cc1F. The molecule has 2 aromatic carbocycles. The second kappa shape index (κ2) is 6.93. The van der Waals surface area contributed by atoms with Crippen LogP contribution < -0.4 is 10.6 Å². The quantitative estimate of drug-likeness (QED) is 0.836. The van der Waals surface area contributed by atoms with Crippen LogP contribution in [0.15, 0.2) is 36.4 Å². The van der Waals surface area contributed by atoms with E-state index in [0.717, 1.165) is 12.1 Å². The van der Waals surface area contributed by atoms with Crippen LogP contribution in [0.1, 0.15) is 11.1 Å². The molecule has 0 radical (unpaired) electrons. The maximum absolute atomic E-state index is 13.3. The molecule has 2 amide bonds. The van der Waals surface area contributed by atoms with Crippen LogP contribution in [-0.4, -0.2) is 6.03 Å². The first-order valence-corrected chi connectivity index (χ1v) is 6.35. The van der Waals surface area contributed by atoms with Gasteiger partial charge in [-0.3, -0.25) is 0 Å². The van der Waals surface area contributed by atoms with E-state index in [0.29, 0.717) is 12.1 Å². The molecule has 0 saturated carbocycles. The minimum Gasteiger partial charge on any atom is -0.334 e. The monoisotopic (exact) mass is 312 g/mol. The fourth-order valence-electron chi connectivity index (χ4n) is 1.74. The molecule has 0 heterocycles. The lowest BCUT2D eigenvalue weighted by Gasteiger charge is -2.09. The number of carbonyl (C=O) groups is 1. The minimum absolute atomic E-state index is 0.115. The molecule has 0 aliphatic heterocycles. The maximum Gasteiger partial charge on any atom is 0.315 e. The Balaban J connectivity index is 1.85. The van der Waals surface area contributed by atoms with Crippen LogP contribution in [-0.2, 0) is 13.1 Å². The Morgan fingerprint density at radius 2 is 1.18 bits per heavy atom. The molecule has 22 heavy (non-hydrogen) atoms. The number of halogens is 4. The lowest BCUT2D eigenvalue weighted by Crippen LogP contribution is -2.35. The smallest absolute Gasteiger partial charge is 0.315 e. The largest absolute Gasteiger partial charge is 0.334 e. The highest BCUT2D eigenvalue weighted by atomic mass is 19.1. The molecule has 0 aliphatic carbocycles. The fourth-order valence-corrected chi connectivity index (χ4v) is 1.74. The van der Waals surface area contributed by atoms with Gasteiger partial charge in [-0.05, 0) is 12.1 Å². The molecule has 0 bridgehead atoms. The van der Waals surface area contributed by atoms with Crippen LogP contribution in [0.5, 0.6) is 0 Å². The first-order chi connectivity index (χ1) is 10.5. The van der Waals surface area contributed by atoms with Gasteiger partial charge in [-0.1, -0.05) is 12.1 Å². The third kappa shape index (κ3) is 4.21. The zero-order chi connectivity index (χ0) is 16.1. The van der Waals surface area contributed by atoms with Crippen molar-refractivity contribution in [3.05, 3.63) is 70.8 Å². The molecule has 2 N–H and O–H groups in total. The molecule has 2 aromatic rings. The average Bonchev–Trinajstić information content (AvgIpc) is 2.45. The van der Waals surface area contributed by atoms with Crippen molar-refractivity contribution in [2.45, 2.75) is 13.1 Å². The van der Waals surface area contributed by atoms with E-state index in [1.54, 1.807) is 0 Å². The molecule has 0 unspecified atom stereocenters. The Hall–Kier alpha value is -2.57. The first kappa shape index (κ1) is 15.8. The molecule has 3 nitrogen and oxygen atoms in total. The van der Waals surface area contributed by atoms with Crippen molar-refractivity contribution in [1.29, 1.82) is 0 Å². The first-order valence-electron chi connectivity index (χ1n) is 6.35. The van der Waals surface area contributed by atoms with Gasteiger partial charge in [-0.2, -0.15) is 0 Å². The van der Waals surface area contributed by atoms with Gasteiger partial charge in [0.1, 0.15) is 23.3 Å². The van der Waals surface area contributed by atoms with Gasteiger partial charge in [0.05, 0.1) is 0 Å². The Morgan fingerprint density at radius 3 is 1.55 bits per heavy atom. The summed E-state index contributed by atoms with van der Waals surface area (Å²) in [7, 11) is 0. The van der Waals surface area contributed by atoms with Crippen molar-refractivity contribution in [3.8, 4) is 0 Å². The summed E-state index contributed by atoms with van der Waals surface area (Å²) >= 11 is 0. The second-order valence-electron chi connectivity index (χ2n) is 4.51. The van der Waals surface area contributed by atoms with Crippen molar-refractivity contribution in [2.75, 3.05) is 0 Å². The number of carbonyl (C=O) groups excluding carboxylic acids is 1. The number of hydrogen-bond donors (Lipinski definition) is 2. The van der Waals surface area contributed by atoms with Crippen LogP contribution in [0, 0.1) is 23.3 Å². The number of hydrogen-bond acceptors (Lipinski definition) is 1. The Kier molecular flexibility index (Phi) is 4.98. The molecule has 116 valence electrons. The van der Waals surface area contributed by atoms with E-state index in [4.69, 9.17) is 0 Å². The summed E-state index contributed by atoms with van der Waals surface area (Å²) in [6.45, 7) is -0.298. The van der Waals surface area contributed by atoms with E-state index in [9.17, 15) is 22.4 Å². The Morgan fingerprint density at radius 1 is 0.773 bits per heavy atom. The lowest BCUT2D eigenvalue weighted by atomic mass is 10.2. The average molecular weight is 312 g/mol. The molecule has 0 atom stereocenters. The van der Waals surface area contributed by atoms with Gasteiger partial charge in [0.25, 0.3) is 0 Å². The van der Waals surface area contributed by atoms with Crippen molar-refractivity contribution >= 4 is 6.03 Å². The van der Waals surface area contributed by atoms with Crippen molar-refractivity contribution in [1.82, 2.24) is 10.6 Å². The summed E-state index contributed by atoms with van der Waals surface area (Å²) in [6.07, 6.45) is 0. The molecular weight excluding hydrogens is 300 g/mol. The molecule has 0 fully saturated rings. The highest BCUT2D eigenvalue weighted by molar-refractivity contribution is 5.73. The van der Waals surface area contributed by atoms with E-state index < -0.39 is 29.3 Å². The van der Waals surface area contributed by atoms with Gasteiger partial charge >= 0.3 is 6.03 Å². The van der Waals surface area contributed by atoms with Crippen LogP contribution in [0.2, 0.25) is 0 Å². The van der Waals surface area contributed by atoms with E-state index in [2.05, 4.69) is 10.6 Å². The van der Waals surface area contributed by atoms with Crippen LogP contribution >= 0.6 is 0 Å². The van der Waals surface area contributed by atoms with Crippen molar-refractivity contribution in [2.24, 2.45) is 0 Å². The highest BCUT2D eigenvalue weighted by Crippen LogP contribution is 2.10. The maximum atomic E-state index is 13.3. The number of benzene rings is 2. The third-order valence-corrected chi connectivity index (χ3v) is 2.91. The van der Waals surface area contributed by atoms with Crippen LogP contribution in [0.3, 0.4) is 0 Å². The molecule has 0 aromatic heterocycles. The summed E-state index contributed by atoms with van der Waals surface area (Å²) < 4.78 is 52.1. The normalized spacial score (nSPS) is 10.4. The molecule has 0 saturated heterocycles. The van der Waals surface area contributed by atoms with Gasteiger partial charge in [0.2, 0.25) is 0 Å². The second-order valence-corrected chi connectivity index (χ2v) is 4.51. The van der Waals surface area contributed by atoms with Crippen molar-refractivity contribution < 1.29 is 22.4 Å². The fraction of sp³-hybridized carbons (Fsp3) is 0.133. The summed E-state index contributed by atoms with van der Waals surface area (Å²) in [6, 6.07) is 5.34. The predicted octanol–water partition coefficient (Wildman–Crippen LogP) is 3.24. The summed E-state index contributed by atoms with van der Waals surface area (Å²) in [5, 5.41) is 4.70. The van der Waals surface area contributed by atoms with Gasteiger partial charge < -0.3 is 10.6 Å². The van der Waals surface area contributed by atoms with E-state index in [1.807, 2.05) is 0 Å². The van der Waals surface area contributed by atoms with E-state index >= 15 is 0 Å². The highest BCUT2D eigenvalue weighted by Gasteiger charge is 2.08. The number of nitrogens with one attached hydrogen (secondary N) is 2. The third-order valence-electron chi connectivity index (χ3n) is 2.91. The van der Waals surface area contributed by atoms with Gasteiger partial charge in [0.15, 0.2) is 0 Å². The molecule has 0 aliphatic rings. The summed E-state index contributed by atoms with van der Waals surface area (Å²) in [4.78, 5) is 11.5. The van der Waals surface area contributed by atoms with Crippen molar-refractivity contribution in [3.63, 3.8) is 0 Å².